The number of ether oxygens (including phenoxy) is 3. The topological polar surface area (TPSA) is 60.9 Å². The molecular weight excluding hydrogens is 412 g/mol. The van der Waals surface area contributed by atoms with Crippen LogP contribution in [0, 0.1) is 0 Å². The molecule has 162 valence electrons. The van der Waals surface area contributed by atoms with Crippen LogP contribution in [0.5, 0.6) is 11.5 Å². The third-order valence-corrected chi connectivity index (χ3v) is 5.98. The number of methoxy groups -OCH3 is 1. The van der Waals surface area contributed by atoms with E-state index < -0.39 is 6.10 Å². The van der Waals surface area contributed by atoms with Crippen LogP contribution in [0.4, 0.5) is 5.69 Å². The van der Waals surface area contributed by atoms with Gasteiger partial charge in [-0.05, 0) is 43.7 Å². The summed E-state index contributed by atoms with van der Waals surface area (Å²) in [6.07, 6.45) is 1.00. The molecule has 1 unspecified atom stereocenters. The van der Waals surface area contributed by atoms with Gasteiger partial charge in [-0.15, -0.1) is 11.3 Å². The highest BCUT2D eigenvalue weighted by atomic mass is 32.1. The third-order valence-electron chi connectivity index (χ3n) is 5.07. The molecule has 1 atom stereocenters. The molecular formula is C24H26N2O4S. The van der Waals surface area contributed by atoms with Gasteiger partial charge >= 0.3 is 0 Å². The number of carbonyl (C=O) groups is 1. The zero-order valence-corrected chi connectivity index (χ0v) is 18.6. The molecule has 2 heterocycles. The van der Waals surface area contributed by atoms with Gasteiger partial charge in [-0.3, -0.25) is 4.79 Å². The summed E-state index contributed by atoms with van der Waals surface area (Å²) in [6, 6.07) is 15.6. The van der Waals surface area contributed by atoms with Crippen LogP contribution in [0.1, 0.15) is 18.4 Å². The molecule has 0 radical (unpaired) electrons. The number of fused-ring (bicyclic) bond motifs is 1. The Bertz CT molecular complexity index is 1020. The van der Waals surface area contributed by atoms with Crippen LogP contribution in [-0.4, -0.2) is 43.9 Å². The fourth-order valence-electron chi connectivity index (χ4n) is 3.47. The molecule has 1 aliphatic heterocycles. The lowest BCUT2D eigenvalue weighted by atomic mass is 10.1. The molecule has 1 aromatic heterocycles. The first-order valence-electron chi connectivity index (χ1n) is 10.4. The van der Waals surface area contributed by atoms with Crippen molar-refractivity contribution in [3.05, 3.63) is 58.9 Å². The van der Waals surface area contributed by atoms with E-state index in [0.717, 1.165) is 46.3 Å². The predicted molar refractivity (Wildman–Crippen MR) is 122 cm³/mol. The number of rotatable bonds is 9. The lowest BCUT2D eigenvalue weighted by Crippen LogP contribution is -2.45. The summed E-state index contributed by atoms with van der Waals surface area (Å²) in [5.41, 5.74) is 2.65. The Morgan fingerprint density at radius 2 is 2.00 bits per heavy atom. The van der Waals surface area contributed by atoms with E-state index in [1.54, 1.807) is 30.3 Å². The maximum Gasteiger partial charge on any atom is 0.267 e. The molecule has 0 saturated heterocycles. The zero-order valence-electron chi connectivity index (χ0n) is 17.7. The Hall–Kier alpha value is -2.90. The van der Waals surface area contributed by atoms with Gasteiger partial charge in [0.25, 0.3) is 5.91 Å². The summed E-state index contributed by atoms with van der Waals surface area (Å²) in [4.78, 5) is 19.4. The van der Waals surface area contributed by atoms with Crippen LogP contribution in [-0.2, 0) is 16.0 Å². The number of benzene rings is 2. The van der Waals surface area contributed by atoms with E-state index in [4.69, 9.17) is 19.2 Å². The van der Waals surface area contributed by atoms with E-state index in [-0.39, 0.29) is 5.91 Å². The Kier molecular flexibility index (Phi) is 6.84. The number of thiazole rings is 1. The Labute approximate surface area is 186 Å². The summed E-state index contributed by atoms with van der Waals surface area (Å²) < 4.78 is 16.8. The van der Waals surface area contributed by atoms with Gasteiger partial charge in [0.15, 0.2) is 6.10 Å². The summed E-state index contributed by atoms with van der Waals surface area (Å²) in [5, 5.41) is 3.07. The van der Waals surface area contributed by atoms with Crippen molar-refractivity contribution in [1.29, 1.82) is 0 Å². The molecule has 3 aromatic rings. The fourth-order valence-corrected chi connectivity index (χ4v) is 4.26. The average molecular weight is 439 g/mol. The maximum atomic E-state index is 12.9. The van der Waals surface area contributed by atoms with Crippen molar-refractivity contribution >= 4 is 22.9 Å². The molecule has 4 rings (SSSR count). The van der Waals surface area contributed by atoms with E-state index in [2.05, 4.69) is 0 Å². The standard InChI is InChI=1S/C24H26N2O4S/c1-17-24(27)26(12-6-13-29-19-7-4-3-5-8-19)21-15-18(9-10-22(21)30-17)20-16-31-23(25-20)11-14-28-2/h3-5,7-10,15-17H,6,11-14H2,1-2H3. The third kappa shape index (κ3) is 5.06. The smallest absolute Gasteiger partial charge is 0.267 e. The number of hydrogen-bond acceptors (Lipinski definition) is 6. The monoisotopic (exact) mass is 438 g/mol. The highest BCUT2D eigenvalue weighted by Gasteiger charge is 2.31. The number of nitrogens with zero attached hydrogens (tertiary/aromatic N) is 2. The van der Waals surface area contributed by atoms with Crippen LogP contribution >= 0.6 is 11.3 Å². The van der Waals surface area contributed by atoms with Gasteiger partial charge < -0.3 is 19.1 Å². The molecule has 6 nitrogen and oxygen atoms in total. The van der Waals surface area contributed by atoms with Crippen LogP contribution in [0.15, 0.2) is 53.9 Å². The minimum atomic E-state index is -0.506. The normalized spacial score (nSPS) is 15.5. The zero-order chi connectivity index (χ0) is 21.6. The van der Waals surface area contributed by atoms with E-state index in [0.29, 0.717) is 19.8 Å². The van der Waals surface area contributed by atoms with Gasteiger partial charge in [-0.1, -0.05) is 18.2 Å². The van der Waals surface area contributed by atoms with Gasteiger partial charge in [0, 0.05) is 31.0 Å². The molecule has 2 aromatic carbocycles. The Morgan fingerprint density at radius 3 is 2.81 bits per heavy atom. The minimum Gasteiger partial charge on any atom is -0.494 e. The second-order valence-corrected chi connectivity index (χ2v) is 8.26. The van der Waals surface area contributed by atoms with Crippen molar-refractivity contribution in [2.24, 2.45) is 0 Å². The first-order valence-corrected chi connectivity index (χ1v) is 11.3. The Morgan fingerprint density at radius 1 is 1.16 bits per heavy atom. The highest BCUT2D eigenvalue weighted by Crippen LogP contribution is 2.38. The van der Waals surface area contributed by atoms with E-state index in [9.17, 15) is 4.79 Å². The maximum absolute atomic E-state index is 12.9. The molecule has 7 heteroatoms. The van der Waals surface area contributed by atoms with Crippen molar-refractivity contribution < 1.29 is 19.0 Å². The summed E-state index contributed by atoms with van der Waals surface area (Å²) in [5.74, 6) is 1.51. The molecule has 0 bridgehead atoms. The molecule has 31 heavy (non-hydrogen) atoms. The predicted octanol–water partition coefficient (Wildman–Crippen LogP) is 4.58. The van der Waals surface area contributed by atoms with Gasteiger partial charge in [0.1, 0.15) is 11.5 Å². The molecule has 0 spiro atoms. The summed E-state index contributed by atoms with van der Waals surface area (Å²) in [7, 11) is 1.69. The van der Waals surface area contributed by atoms with E-state index in [1.165, 1.54) is 0 Å². The van der Waals surface area contributed by atoms with Crippen LogP contribution in [0.2, 0.25) is 0 Å². The molecule has 1 amide bonds. The molecule has 1 aliphatic rings. The highest BCUT2D eigenvalue weighted by molar-refractivity contribution is 7.09. The first kappa shape index (κ1) is 21.3. The SMILES string of the molecule is COCCc1nc(-c2ccc3c(c2)N(CCCOc2ccccc2)C(=O)C(C)O3)cs1. The molecule has 0 aliphatic carbocycles. The minimum absolute atomic E-state index is 0.0385. The molecule has 0 N–H and O–H groups in total. The second kappa shape index (κ2) is 9.94. The number of hydrogen-bond donors (Lipinski definition) is 0. The van der Waals surface area contributed by atoms with Crippen molar-refractivity contribution in [2.75, 3.05) is 31.8 Å². The fraction of sp³-hybridized carbons (Fsp3) is 0.333. The van der Waals surface area contributed by atoms with Crippen LogP contribution in [0.3, 0.4) is 0 Å². The number of aromatic nitrogens is 1. The van der Waals surface area contributed by atoms with Crippen molar-refractivity contribution in [2.45, 2.75) is 25.9 Å². The van der Waals surface area contributed by atoms with Gasteiger partial charge in [-0.2, -0.15) is 0 Å². The largest absolute Gasteiger partial charge is 0.494 e. The molecule has 0 saturated carbocycles. The van der Waals surface area contributed by atoms with Crippen molar-refractivity contribution in [1.82, 2.24) is 4.98 Å². The van der Waals surface area contributed by atoms with Gasteiger partial charge in [0.05, 0.1) is 29.6 Å². The van der Waals surface area contributed by atoms with Gasteiger partial charge in [-0.25, -0.2) is 4.98 Å². The first-order chi connectivity index (χ1) is 15.2. The average Bonchev–Trinajstić information content (AvgIpc) is 3.27. The number of para-hydroxylation sites is 1. The van der Waals surface area contributed by atoms with Crippen molar-refractivity contribution in [3.8, 4) is 22.8 Å². The number of amides is 1. The van der Waals surface area contributed by atoms with E-state index >= 15 is 0 Å². The van der Waals surface area contributed by atoms with Crippen LogP contribution < -0.4 is 14.4 Å². The number of anilines is 1. The lowest BCUT2D eigenvalue weighted by Gasteiger charge is -2.33. The van der Waals surface area contributed by atoms with Gasteiger partial charge in [0.2, 0.25) is 0 Å². The lowest BCUT2D eigenvalue weighted by molar-refractivity contribution is -0.125. The van der Waals surface area contributed by atoms with Crippen LogP contribution in [0.25, 0.3) is 11.3 Å². The quantitative estimate of drug-likeness (QED) is 0.458. The second-order valence-electron chi connectivity index (χ2n) is 7.32. The summed E-state index contributed by atoms with van der Waals surface area (Å²) in [6.45, 7) is 3.53. The van der Waals surface area contributed by atoms with E-state index in [1.807, 2.05) is 53.9 Å². The molecule has 0 fully saturated rings. The Balaban J connectivity index is 1.48. The summed E-state index contributed by atoms with van der Waals surface area (Å²) >= 11 is 1.62. The van der Waals surface area contributed by atoms with Crippen molar-refractivity contribution in [3.63, 3.8) is 0 Å². The number of carbonyl (C=O) groups excluding carboxylic acids is 1.